The lowest BCUT2D eigenvalue weighted by Crippen LogP contribution is -2.23. The molecule has 0 radical (unpaired) electrons. The van der Waals surface area contributed by atoms with Crippen molar-refractivity contribution in [3.63, 3.8) is 0 Å². The summed E-state index contributed by atoms with van der Waals surface area (Å²) >= 11 is 0. The van der Waals surface area contributed by atoms with E-state index in [1.165, 1.54) is 0 Å². The summed E-state index contributed by atoms with van der Waals surface area (Å²) in [5, 5.41) is 2.95. The third-order valence-corrected chi connectivity index (χ3v) is 5.18. The number of ether oxygens (including phenoxy) is 1. The molecule has 2 rings (SSSR count). The molecule has 0 atom stereocenters. The zero-order valence-electron chi connectivity index (χ0n) is 14.2. The van der Waals surface area contributed by atoms with Crippen LogP contribution in [0.3, 0.4) is 0 Å². The number of methoxy groups -OCH3 is 1. The van der Waals surface area contributed by atoms with Crippen LogP contribution in [0.25, 0.3) is 0 Å². The third-order valence-electron chi connectivity index (χ3n) is 3.49. The van der Waals surface area contributed by atoms with Crippen LogP contribution in [0.2, 0.25) is 0 Å². The fourth-order valence-electron chi connectivity index (χ4n) is 2.31. The van der Waals surface area contributed by atoms with Crippen LogP contribution >= 0.6 is 0 Å². The Balaban J connectivity index is 1.82. The largest absolute Gasteiger partial charge is 0.495 e. The van der Waals surface area contributed by atoms with E-state index in [9.17, 15) is 8.42 Å². The van der Waals surface area contributed by atoms with Gasteiger partial charge in [-0.15, -0.1) is 0 Å². The average molecular weight is 361 g/mol. The highest BCUT2D eigenvalue weighted by atomic mass is 32.2. The van der Waals surface area contributed by atoms with E-state index in [2.05, 4.69) is 10.3 Å². The summed E-state index contributed by atoms with van der Waals surface area (Å²) in [6.45, 7) is 0.335. The first kappa shape index (κ1) is 18.8. The summed E-state index contributed by atoms with van der Waals surface area (Å²) in [5.41, 5.74) is 7.34. The third kappa shape index (κ3) is 6.46. The first-order chi connectivity index (χ1) is 12.0. The highest BCUT2D eigenvalue weighted by Crippen LogP contribution is 2.22. The number of hydrogen-bond donors (Lipinski definition) is 2. The van der Waals surface area contributed by atoms with Crippen LogP contribution in [0.5, 0.6) is 5.75 Å². The summed E-state index contributed by atoms with van der Waals surface area (Å²) in [6, 6.07) is 16.5. The summed E-state index contributed by atoms with van der Waals surface area (Å²) in [7, 11) is -1.58. The Kier molecular flexibility index (Phi) is 6.82. The van der Waals surface area contributed by atoms with E-state index in [1.54, 1.807) is 7.11 Å². The van der Waals surface area contributed by atoms with Crippen molar-refractivity contribution in [3.8, 4) is 5.75 Å². The first-order valence-corrected chi connectivity index (χ1v) is 9.76. The molecular weight excluding hydrogens is 338 g/mol. The van der Waals surface area contributed by atoms with Gasteiger partial charge < -0.3 is 15.8 Å². The van der Waals surface area contributed by atoms with Crippen LogP contribution in [0, 0.1) is 0 Å². The second-order valence-corrected chi connectivity index (χ2v) is 7.71. The van der Waals surface area contributed by atoms with Crippen LogP contribution in [0.1, 0.15) is 12.0 Å². The Morgan fingerprint density at radius 1 is 1.12 bits per heavy atom. The lowest BCUT2D eigenvalue weighted by Gasteiger charge is -2.10. The highest BCUT2D eigenvalue weighted by Gasteiger charge is 2.11. The zero-order valence-corrected chi connectivity index (χ0v) is 15.0. The molecule has 0 heterocycles. The molecular formula is C18H23N3O3S. The number of nitrogens with two attached hydrogens (primary N) is 1. The molecule has 0 amide bonds. The van der Waals surface area contributed by atoms with Gasteiger partial charge in [0, 0.05) is 6.54 Å². The molecule has 0 aliphatic rings. The molecule has 7 heteroatoms. The van der Waals surface area contributed by atoms with Crippen molar-refractivity contribution in [2.45, 2.75) is 12.2 Å². The summed E-state index contributed by atoms with van der Waals surface area (Å²) in [5.74, 6) is 1.01. The fourth-order valence-corrected chi connectivity index (χ4v) is 3.72. The molecule has 0 saturated heterocycles. The number of sulfone groups is 1. The Morgan fingerprint density at radius 2 is 1.80 bits per heavy atom. The van der Waals surface area contributed by atoms with E-state index in [0.29, 0.717) is 24.4 Å². The SMILES string of the molecule is COc1ccccc1NC(N)=NCCCS(=O)(=O)Cc1ccccc1. The predicted octanol–water partition coefficient (Wildman–Crippen LogP) is 2.43. The topological polar surface area (TPSA) is 93.8 Å². The number of para-hydroxylation sites is 2. The smallest absolute Gasteiger partial charge is 0.193 e. The van der Waals surface area contributed by atoms with Gasteiger partial charge in [0.05, 0.1) is 24.3 Å². The number of anilines is 1. The summed E-state index contributed by atoms with van der Waals surface area (Å²) in [6.07, 6.45) is 0.420. The van der Waals surface area contributed by atoms with Gasteiger partial charge in [-0.25, -0.2) is 8.42 Å². The maximum atomic E-state index is 12.1. The van der Waals surface area contributed by atoms with Crippen LogP contribution in [-0.2, 0) is 15.6 Å². The first-order valence-electron chi connectivity index (χ1n) is 7.94. The van der Waals surface area contributed by atoms with Crippen molar-refractivity contribution in [3.05, 3.63) is 60.2 Å². The van der Waals surface area contributed by atoms with E-state index in [4.69, 9.17) is 10.5 Å². The predicted molar refractivity (Wildman–Crippen MR) is 102 cm³/mol. The van der Waals surface area contributed by atoms with E-state index in [-0.39, 0.29) is 17.5 Å². The van der Waals surface area contributed by atoms with Crippen molar-refractivity contribution in [1.82, 2.24) is 0 Å². The minimum Gasteiger partial charge on any atom is -0.495 e. The van der Waals surface area contributed by atoms with Gasteiger partial charge in [0.25, 0.3) is 0 Å². The van der Waals surface area contributed by atoms with Gasteiger partial charge in [-0.1, -0.05) is 42.5 Å². The van der Waals surface area contributed by atoms with Crippen LogP contribution in [-0.4, -0.2) is 33.8 Å². The van der Waals surface area contributed by atoms with Crippen LogP contribution < -0.4 is 15.8 Å². The molecule has 3 N–H and O–H groups in total. The minimum atomic E-state index is -3.15. The fraction of sp³-hybridized carbons (Fsp3) is 0.278. The normalized spacial score (nSPS) is 12.0. The molecule has 0 bridgehead atoms. The standard InChI is InChI=1S/C18H23N3O3S/c1-24-17-11-6-5-10-16(17)21-18(19)20-12-7-13-25(22,23)14-15-8-3-2-4-9-15/h2-6,8-11H,7,12-14H2,1H3,(H3,19,20,21). The van der Waals surface area contributed by atoms with Crippen molar-refractivity contribution in [1.29, 1.82) is 0 Å². The number of nitrogens with zero attached hydrogens (tertiary/aromatic N) is 1. The van der Waals surface area contributed by atoms with Crippen molar-refractivity contribution in [2.24, 2.45) is 10.7 Å². The number of benzene rings is 2. The molecule has 0 fully saturated rings. The van der Waals surface area contributed by atoms with Gasteiger partial charge in [0.15, 0.2) is 15.8 Å². The molecule has 0 aromatic heterocycles. The number of hydrogen-bond acceptors (Lipinski definition) is 4. The lowest BCUT2D eigenvalue weighted by atomic mass is 10.2. The van der Waals surface area contributed by atoms with Crippen LogP contribution in [0.4, 0.5) is 5.69 Å². The summed E-state index contributed by atoms with van der Waals surface area (Å²) in [4.78, 5) is 4.17. The number of nitrogens with one attached hydrogen (secondary N) is 1. The Labute approximate surface area is 148 Å². The average Bonchev–Trinajstić information content (AvgIpc) is 2.60. The second kappa shape index (κ2) is 9.08. The van der Waals surface area contributed by atoms with E-state index in [1.807, 2.05) is 54.6 Å². The molecule has 134 valence electrons. The van der Waals surface area contributed by atoms with E-state index < -0.39 is 9.84 Å². The number of aliphatic imine (C=N–C) groups is 1. The second-order valence-electron chi connectivity index (χ2n) is 5.52. The lowest BCUT2D eigenvalue weighted by molar-refractivity contribution is 0.417. The van der Waals surface area contributed by atoms with Crippen molar-refractivity contribution in [2.75, 3.05) is 24.7 Å². The van der Waals surface area contributed by atoms with E-state index in [0.717, 1.165) is 5.56 Å². The Bertz CT molecular complexity index is 805. The summed E-state index contributed by atoms with van der Waals surface area (Å²) < 4.78 is 29.4. The van der Waals surface area contributed by atoms with Gasteiger partial charge in [-0.3, -0.25) is 4.99 Å². The Morgan fingerprint density at radius 3 is 2.52 bits per heavy atom. The Hall–Kier alpha value is -2.54. The molecule has 0 aliphatic heterocycles. The van der Waals surface area contributed by atoms with E-state index >= 15 is 0 Å². The zero-order chi connectivity index (χ0) is 18.1. The highest BCUT2D eigenvalue weighted by molar-refractivity contribution is 7.90. The van der Waals surface area contributed by atoms with Gasteiger partial charge in [-0.2, -0.15) is 0 Å². The minimum absolute atomic E-state index is 0.0481. The van der Waals surface area contributed by atoms with Gasteiger partial charge in [0.1, 0.15) is 5.75 Å². The number of rotatable bonds is 8. The molecule has 0 unspecified atom stereocenters. The monoisotopic (exact) mass is 361 g/mol. The van der Waals surface area contributed by atoms with Crippen molar-refractivity contribution < 1.29 is 13.2 Å². The van der Waals surface area contributed by atoms with Gasteiger partial charge in [-0.05, 0) is 24.1 Å². The maximum Gasteiger partial charge on any atom is 0.193 e. The molecule has 25 heavy (non-hydrogen) atoms. The number of guanidine groups is 1. The molecule has 0 aliphatic carbocycles. The van der Waals surface area contributed by atoms with Gasteiger partial charge in [0.2, 0.25) is 0 Å². The molecule has 2 aromatic rings. The van der Waals surface area contributed by atoms with Crippen molar-refractivity contribution >= 4 is 21.5 Å². The molecule has 0 saturated carbocycles. The molecule has 2 aromatic carbocycles. The van der Waals surface area contributed by atoms with Gasteiger partial charge >= 0.3 is 0 Å². The molecule has 6 nitrogen and oxygen atoms in total. The quantitative estimate of drug-likeness (QED) is 0.428. The maximum absolute atomic E-state index is 12.1. The molecule has 0 spiro atoms. The van der Waals surface area contributed by atoms with Crippen LogP contribution in [0.15, 0.2) is 59.6 Å².